The molecule has 0 amide bonds. The van der Waals surface area contributed by atoms with E-state index in [9.17, 15) is 0 Å². The third-order valence-corrected chi connectivity index (χ3v) is 5.01. The summed E-state index contributed by atoms with van der Waals surface area (Å²) in [5.41, 5.74) is 4.38. The average Bonchev–Trinajstić information content (AvgIpc) is 3.06. The lowest BCUT2D eigenvalue weighted by Crippen LogP contribution is -2.08. The molecular weight excluding hydrogens is 348 g/mol. The maximum absolute atomic E-state index is 4.43. The van der Waals surface area contributed by atoms with Gasteiger partial charge in [-0.25, -0.2) is 15.0 Å². The molecule has 3 heterocycles. The third kappa shape index (κ3) is 2.24. The zero-order chi connectivity index (χ0) is 14.4. The highest BCUT2D eigenvalue weighted by Crippen LogP contribution is 2.28. The lowest BCUT2D eigenvalue weighted by molar-refractivity contribution is 0.755. The minimum absolute atomic E-state index is 0.785. The summed E-state index contributed by atoms with van der Waals surface area (Å²) < 4.78 is 4.31. The van der Waals surface area contributed by atoms with E-state index in [4.69, 9.17) is 0 Å². The molecule has 0 saturated carbocycles. The Bertz CT molecular complexity index is 911. The van der Waals surface area contributed by atoms with Gasteiger partial charge in [-0.2, -0.15) is 0 Å². The maximum atomic E-state index is 4.43. The number of rotatable bonds is 2. The molecule has 0 unspecified atom stereocenters. The summed E-state index contributed by atoms with van der Waals surface area (Å²) in [4.78, 5) is 13.1. The van der Waals surface area contributed by atoms with E-state index in [2.05, 4.69) is 66.6 Å². The summed E-state index contributed by atoms with van der Waals surface area (Å²) in [7, 11) is 0. The van der Waals surface area contributed by atoms with Gasteiger partial charge in [-0.05, 0) is 52.7 Å². The van der Waals surface area contributed by atoms with E-state index in [1.165, 1.54) is 16.0 Å². The Labute approximate surface area is 134 Å². The summed E-state index contributed by atoms with van der Waals surface area (Å²) in [5.74, 6) is 0.931. The predicted octanol–water partition coefficient (Wildman–Crippen LogP) is 4.11. The largest absolute Gasteiger partial charge is 0.324 e. The van der Waals surface area contributed by atoms with Crippen molar-refractivity contribution in [3.8, 4) is 11.5 Å². The van der Waals surface area contributed by atoms with E-state index in [1.54, 1.807) is 17.7 Å². The van der Waals surface area contributed by atoms with E-state index in [0.717, 1.165) is 27.5 Å². The number of hydrogen-bond donors (Lipinski definition) is 0. The number of thiazole rings is 1. The Morgan fingerprint density at radius 2 is 2.10 bits per heavy atom. The summed E-state index contributed by atoms with van der Waals surface area (Å²) in [6.45, 7) is 2.88. The van der Waals surface area contributed by atoms with Gasteiger partial charge in [0.05, 0.1) is 10.2 Å². The highest BCUT2D eigenvalue weighted by atomic mass is 79.9. The number of aryl methyl sites for hydroxylation is 1. The molecule has 4 nitrogen and oxygen atoms in total. The standard InChI is InChI=1S/C15H11BrN4S/c1-9-2-4-12-14(18-8-17-12)20(9)7-10-3-5-11-13(6-10)21-15(16)19-11/h2-6,8H,7H2,1H3. The van der Waals surface area contributed by atoms with Gasteiger partial charge in [0.2, 0.25) is 0 Å². The van der Waals surface area contributed by atoms with Crippen LogP contribution in [-0.4, -0.2) is 19.5 Å². The molecule has 0 spiro atoms. The van der Waals surface area contributed by atoms with Crippen LogP contribution >= 0.6 is 27.3 Å². The minimum Gasteiger partial charge on any atom is -0.324 e. The molecule has 1 aromatic carbocycles. The van der Waals surface area contributed by atoms with E-state index < -0.39 is 0 Å². The van der Waals surface area contributed by atoms with Crippen molar-refractivity contribution in [2.24, 2.45) is 0 Å². The number of pyridine rings is 1. The van der Waals surface area contributed by atoms with Crippen molar-refractivity contribution in [1.29, 1.82) is 0 Å². The molecule has 0 radical (unpaired) electrons. The lowest BCUT2D eigenvalue weighted by atomic mass is 10.2. The van der Waals surface area contributed by atoms with Gasteiger partial charge in [0.1, 0.15) is 12.0 Å². The molecule has 0 atom stereocenters. The molecule has 104 valence electrons. The van der Waals surface area contributed by atoms with Crippen molar-refractivity contribution >= 4 is 37.5 Å². The fourth-order valence-electron chi connectivity index (χ4n) is 2.47. The summed E-state index contributed by atoms with van der Waals surface area (Å²) in [6.07, 6.45) is 1.62. The van der Waals surface area contributed by atoms with Crippen molar-refractivity contribution < 1.29 is 0 Å². The quantitative estimate of drug-likeness (QED) is 0.541. The van der Waals surface area contributed by atoms with Crippen LogP contribution in [0.1, 0.15) is 11.3 Å². The van der Waals surface area contributed by atoms with Crippen LogP contribution in [0.3, 0.4) is 0 Å². The van der Waals surface area contributed by atoms with Crippen molar-refractivity contribution in [2.75, 3.05) is 0 Å². The Morgan fingerprint density at radius 3 is 3.00 bits per heavy atom. The third-order valence-electron chi connectivity index (χ3n) is 3.54. The second kappa shape index (κ2) is 4.89. The first-order valence-corrected chi connectivity index (χ1v) is 8.13. The van der Waals surface area contributed by atoms with Crippen LogP contribution in [0.4, 0.5) is 0 Å². The number of aromatic nitrogens is 4. The molecule has 2 aromatic rings. The van der Waals surface area contributed by atoms with Gasteiger partial charge in [-0.3, -0.25) is 0 Å². The molecule has 21 heavy (non-hydrogen) atoms. The van der Waals surface area contributed by atoms with Gasteiger partial charge in [0, 0.05) is 12.2 Å². The van der Waals surface area contributed by atoms with E-state index in [0.29, 0.717) is 0 Å². The molecule has 2 aliphatic rings. The highest BCUT2D eigenvalue weighted by Gasteiger charge is 2.12. The summed E-state index contributed by atoms with van der Waals surface area (Å²) in [6, 6.07) is 10.5. The van der Waals surface area contributed by atoms with Crippen molar-refractivity contribution in [2.45, 2.75) is 13.5 Å². The van der Waals surface area contributed by atoms with Crippen LogP contribution in [0, 0.1) is 6.92 Å². The first-order chi connectivity index (χ1) is 10.2. The zero-order valence-corrected chi connectivity index (χ0v) is 13.6. The number of imidazole rings is 1. The topological polar surface area (TPSA) is 43.6 Å². The van der Waals surface area contributed by atoms with Gasteiger partial charge < -0.3 is 4.57 Å². The fourth-order valence-corrected chi connectivity index (χ4v) is 3.94. The number of hydrogen-bond acceptors (Lipinski definition) is 4. The van der Waals surface area contributed by atoms with Gasteiger partial charge in [0.25, 0.3) is 0 Å². The van der Waals surface area contributed by atoms with E-state index in [-0.39, 0.29) is 0 Å². The highest BCUT2D eigenvalue weighted by molar-refractivity contribution is 9.11. The molecule has 2 aliphatic heterocycles. The molecule has 6 heteroatoms. The molecular formula is C15H11BrN4S. The van der Waals surface area contributed by atoms with Crippen LogP contribution in [0.2, 0.25) is 0 Å². The molecule has 4 rings (SSSR count). The van der Waals surface area contributed by atoms with Crippen LogP contribution < -0.4 is 0 Å². The first-order valence-electron chi connectivity index (χ1n) is 6.52. The first kappa shape index (κ1) is 12.9. The predicted molar refractivity (Wildman–Crippen MR) is 87.8 cm³/mol. The Hall–Kier alpha value is -1.79. The Morgan fingerprint density at radius 1 is 1.19 bits per heavy atom. The van der Waals surface area contributed by atoms with Gasteiger partial charge in [0.15, 0.2) is 9.74 Å². The van der Waals surface area contributed by atoms with Gasteiger partial charge in [-0.15, -0.1) is 11.3 Å². The number of fused-ring (bicyclic) bond motifs is 2. The summed E-state index contributed by atoms with van der Waals surface area (Å²) in [5, 5.41) is 0. The van der Waals surface area contributed by atoms with Crippen molar-refractivity contribution in [3.05, 3.63) is 51.8 Å². The smallest absolute Gasteiger partial charge is 0.160 e. The average molecular weight is 359 g/mol. The van der Waals surface area contributed by atoms with Crippen molar-refractivity contribution in [1.82, 2.24) is 19.5 Å². The van der Waals surface area contributed by atoms with Crippen LogP contribution in [0.5, 0.6) is 0 Å². The van der Waals surface area contributed by atoms with Crippen LogP contribution in [0.15, 0.2) is 40.6 Å². The summed E-state index contributed by atoms with van der Waals surface area (Å²) >= 11 is 5.09. The minimum atomic E-state index is 0.785. The fraction of sp³-hybridized carbons (Fsp3) is 0.133. The molecule has 0 saturated heterocycles. The van der Waals surface area contributed by atoms with Crippen LogP contribution in [-0.2, 0) is 6.54 Å². The van der Waals surface area contributed by atoms with E-state index in [1.807, 2.05) is 6.07 Å². The molecule has 0 N–H and O–H groups in total. The molecule has 0 fully saturated rings. The second-order valence-electron chi connectivity index (χ2n) is 4.91. The second-order valence-corrected chi connectivity index (χ2v) is 7.22. The van der Waals surface area contributed by atoms with Crippen molar-refractivity contribution in [3.63, 3.8) is 0 Å². The SMILES string of the molecule is Cc1ccc2ncnc-2n1Cc1ccc2nc(Br)sc2c1. The number of nitrogens with zero attached hydrogens (tertiary/aromatic N) is 4. The zero-order valence-electron chi connectivity index (χ0n) is 11.2. The lowest BCUT2D eigenvalue weighted by Gasteiger charge is -2.14. The van der Waals surface area contributed by atoms with Gasteiger partial charge in [-0.1, -0.05) is 6.07 Å². The normalized spacial score (nSPS) is 11.5. The van der Waals surface area contributed by atoms with Gasteiger partial charge >= 0.3 is 0 Å². The Balaban J connectivity index is 1.79. The monoisotopic (exact) mass is 358 g/mol. The van der Waals surface area contributed by atoms with Crippen LogP contribution in [0.25, 0.3) is 21.7 Å². The molecule has 0 bridgehead atoms. The molecule has 1 aromatic heterocycles. The molecule has 0 aliphatic carbocycles. The number of halogens is 1. The maximum Gasteiger partial charge on any atom is 0.160 e. The Kier molecular flexibility index (Phi) is 3.01. The number of benzene rings is 1. The van der Waals surface area contributed by atoms with E-state index >= 15 is 0 Å².